The van der Waals surface area contributed by atoms with Gasteiger partial charge in [-0.2, -0.15) is 0 Å². The number of piperidine rings is 1. The van der Waals surface area contributed by atoms with Gasteiger partial charge in [0.2, 0.25) is 0 Å². The second-order valence-electron chi connectivity index (χ2n) is 8.89. The highest BCUT2D eigenvalue weighted by atomic mass is 16.6. The summed E-state index contributed by atoms with van der Waals surface area (Å²) in [4.78, 5) is 19.1. The zero-order chi connectivity index (χ0) is 19.3. The van der Waals surface area contributed by atoms with Crippen LogP contribution in [0.2, 0.25) is 0 Å². The molecule has 0 saturated carbocycles. The first-order valence-electron chi connectivity index (χ1n) is 10.8. The van der Waals surface area contributed by atoms with Crippen LogP contribution in [0.5, 0.6) is 0 Å². The first kappa shape index (κ1) is 18.3. The van der Waals surface area contributed by atoms with Gasteiger partial charge in [-0.05, 0) is 44.7 Å². The molecular formula is C22H31N3O3. The molecule has 0 bridgehead atoms. The normalized spacial score (nSPS) is 32.8. The minimum Gasteiger partial charge on any atom is -0.450 e. The maximum atomic E-state index is 12.1. The number of para-hydroxylation sites is 1. The maximum Gasteiger partial charge on any atom is 0.409 e. The predicted octanol–water partition coefficient (Wildman–Crippen LogP) is 2.86. The van der Waals surface area contributed by atoms with Crippen molar-refractivity contribution in [1.82, 2.24) is 9.80 Å². The maximum absolute atomic E-state index is 12.1. The van der Waals surface area contributed by atoms with E-state index in [0.29, 0.717) is 18.8 Å². The molecule has 6 heteroatoms. The lowest BCUT2D eigenvalue weighted by atomic mass is 9.91. The number of anilines is 1. The van der Waals surface area contributed by atoms with Crippen LogP contribution in [0.1, 0.15) is 38.7 Å². The van der Waals surface area contributed by atoms with Gasteiger partial charge < -0.3 is 19.3 Å². The van der Waals surface area contributed by atoms with E-state index in [0.717, 1.165) is 51.9 Å². The lowest BCUT2D eigenvalue weighted by Gasteiger charge is -2.46. The average Bonchev–Trinajstić information content (AvgIpc) is 3.37. The van der Waals surface area contributed by atoms with E-state index in [9.17, 15) is 4.79 Å². The second-order valence-corrected chi connectivity index (χ2v) is 8.89. The van der Waals surface area contributed by atoms with Crippen LogP contribution in [0, 0.1) is 0 Å². The quantitative estimate of drug-likeness (QED) is 0.749. The average molecular weight is 386 g/mol. The van der Waals surface area contributed by atoms with Crippen molar-refractivity contribution in [2.45, 2.75) is 63.4 Å². The van der Waals surface area contributed by atoms with E-state index < -0.39 is 0 Å². The van der Waals surface area contributed by atoms with E-state index in [2.05, 4.69) is 41.0 Å². The van der Waals surface area contributed by atoms with Crippen molar-refractivity contribution in [2.75, 3.05) is 37.7 Å². The summed E-state index contributed by atoms with van der Waals surface area (Å²) >= 11 is 0. The Labute approximate surface area is 167 Å². The fourth-order valence-electron chi connectivity index (χ4n) is 5.48. The molecule has 1 amide bonds. The zero-order valence-electron chi connectivity index (χ0n) is 17.0. The van der Waals surface area contributed by atoms with E-state index in [-0.39, 0.29) is 17.9 Å². The first-order chi connectivity index (χ1) is 13.6. The van der Waals surface area contributed by atoms with E-state index in [1.165, 1.54) is 11.3 Å². The molecule has 28 heavy (non-hydrogen) atoms. The number of likely N-dealkylation sites (tertiary alicyclic amines) is 2. The standard InChI is InChI=1S/C22H31N3O3/c1-3-27-21(26)23-13-10-22(2,15-23)24-11-8-17(9-12-24)25-18-7-5-4-6-16(18)14-19-20(25)28-19/h4-7,17,19-20H,3,8-15H2,1-2H3. The number of hydrogen-bond donors (Lipinski definition) is 0. The van der Waals surface area contributed by atoms with Gasteiger partial charge in [0.1, 0.15) is 6.10 Å². The molecule has 4 aliphatic rings. The summed E-state index contributed by atoms with van der Waals surface area (Å²) in [7, 11) is 0. The molecule has 3 unspecified atom stereocenters. The number of fused-ring (bicyclic) bond motifs is 2. The first-order valence-corrected chi connectivity index (χ1v) is 10.8. The Morgan fingerprint density at radius 1 is 1.25 bits per heavy atom. The third kappa shape index (κ3) is 3.07. The third-order valence-electron chi connectivity index (χ3n) is 7.12. The number of nitrogens with zero attached hydrogens (tertiary/aromatic N) is 3. The molecule has 3 atom stereocenters. The number of hydrogen-bond acceptors (Lipinski definition) is 5. The number of rotatable bonds is 3. The number of carbonyl (C=O) groups is 1. The Morgan fingerprint density at radius 3 is 2.82 bits per heavy atom. The van der Waals surface area contributed by atoms with Crippen LogP contribution in [0.3, 0.4) is 0 Å². The van der Waals surface area contributed by atoms with Gasteiger partial charge in [-0.1, -0.05) is 18.2 Å². The zero-order valence-corrected chi connectivity index (χ0v) is 17.0. The molecule has 4 aliphatic heterocycles. The van der Waals surface area contributed by atoms with Crippen LogP contribution in [-0.2, 0) is 15.9 Å². The molecular weight excluding hydrogens is 354 g/mol. The molecule has 152 valence electrons. The van der Waals surface area contributed by atoms with Crippen molar-refractivity contribution in [2.24, 2.45) is 0 Å². The van der Waals surface area contributed by atoms with E-state index >= 15 is 0 Å². The van der Waals surface area contributed by atoms with Crippen molar-refractivity contribution >= 4 is 11.8 Å². The molecule has 6 nitrogen and oxygen atoms in total. The van der Waals surface area contributed by atoms with Crippen LogP contribution < -0.4 is 4.90 Å². The minimum atomic E-state index is -0.164. The summed E-state index contributed by atoms with van der Waals surface area (Å²) < 4.78 is 11.2. The minimum absolute atomic E-state index is 0.0656. The highest BCUT2D eigenvalue weighted by molar-refractivity contribution is 5.68. The lowest BCUT2D eigenvalue weighted by Crippen LogP contribution is -2.55. The summed E-state index contributed by atoms with van der Waals surface area (Å²) in [5, 5.41) is 0. The molecule has 1 aromatic carbocycles. The summed E-state index contributed by atoms with van der Waals surface area (Å²) in [6.45, 7) is 8.34. The van der Waals surface area contributed by atoms with Crippen LogP contribution in [0.4, 0.5) is 10.5 Å². The summed E-state index contributed by atoms with van der Waals surface area (Å²) in [6.07, 6.45) is 4.88. The fourth-order valence-corrected chi connectivity index (χ4v) is 5.48. The molecule has 4 heterocycles. The van der Waals surface area contributed by atoms with Gasteiger partial charge in [0, 0.05) is 49.9 Å². The van der Waals surface area contributed by atoms with E-state index in [4.69, 9.17) is 9.47 Å². The second kappa shape index (κ2) is 6.92. The van der Waals surface area contributed by atoms with Crippen molar-refractivity contribution in [1.29, 1.82) is 0 Å². The Morgan fingerprint density at radius 2 is 2.04 bits per heavy atom. The summed E-state index contributed by atoms with van der Waals surface area (Å²) in [5.41, 5.74) is 2.87. The van der Waals surface area contributed by atoms with Gasteiger partial charge in [0.05, 0.1) is 6.61 Å². The van der Waals surface area contributed by atoms with Gasteiger partial charge in [-0.25, -0.2) is 4.79 Å². The van der Waals surface area contributed by atoms with Crippen molar-refractivity contribution in [3.63, 3.8) is 0 Å². The van der Waals surface area contributed by atoms with Crippen LogP contribution in [-0.4, -0.2) is 72.6 Å². The predicted molar refractivity (Wildman–Crippen MR) is 107 cm³/mol. The van der Waals surface area contributed by atoms with Crippen LogP contribution in [0.15, 0.2) is 24.3 Å². The molecule has 0 spiro atoms. The van der Waals surface area contributed by atoms with Crippen LogP contribution in [0.25, 0.3) is 0 Å². The molecule has 3 fully saturated rings. The smallest absolute Gasteiger partial charge is 0.409 e. The van der Waals surface area contributed by atoms with Crippen LogP contribution >= 0.6 is 0 Å². The molecule has 0 N–H and O–H groups in total. The molecule has 1 aromatic rings. The molecule has 5 rings (SSSR count). The highest BCUT2D eigenvalue weighted by Gasteiger charge is 2.51. The number of ether oxygens (including phenoxy) is 2. The number of benzene rings is 1. The molecule has 0 aromatic heterocycles. The van der Waals surface area contributed by atoms with Gasteiger partial charge in [-0.15, -0.1) is 0 Å². The van der Waals surface area contributed by atoms with Crippen molar-refractivity contribution in [3.8, 4) is 0 Å². The largest absolute Gasteiger partial charge is 0.450 e. The highest BCUT2D eigenvalue weighted by Crippen LogP contribution is 2.44. The van der Waals surface area contributed by atoms with Gasteiger partial charge in [0.15, 0.2) is 6.23 Å². The van der Waals surface area contributed by atoms with Gasteiger partial charge in [-0.3, -0.25) is 4.90 Å². The Kier molecular flexibility index (Phi) is 4.51. The van der Waals surface area contributed by atoms with Gasteiger partial charge in [0.25, 0.3) is 0 Å². The Bertz CT molecular complexity index is 748. The number of amides is 1. The Balaban J connectivity index is 1.24. The van der Waals surface area contributed by atoms with E-state index in [1.54, 1.807) is 0 Å². The molecule has 0 radical (unpaired) electrons. The van der Waals surface area contributed by atoms with Gasteiger partial charge >= 0.3 is 6.09 Å². The number of carbonyl (C=O) groups excluding carboxylic acids is 1. The van der Waals surface area contributed by atoms with E-state index in [1.807, 2.05) is 11.8 Å². The Hall–Kier alpha value is -1.79. The fraction of sp³-hybridized carbons (Fsp3) is 0.682. The molecule has 0 aliphatic carbocycles. The monoisotopic (exact) mass is 385 g/mol. The summed E-state index contributed by atoms with van der Waals surface area (Å²) in [5.74, 6) is 0. The number of epoxide rings is 1. The SMILES string of the molecule is CCOC(=O)N1CCC(C)(N2CCC(N3c4ccccc4CC4OC43)CC2)C1. The van der Waals surface area contributed by atoms with Crippen molar-refractivity contribution in [3.05, 3.63) is 29.8 Å². The van der Waals surface area contributed by atoms with Crippen molar-refractivity contribution < 1.29 is 14.3 Å². The summed E-state index contributed by atoms with van der Waals surface area (Å²) in [6, 6.07) is 9.33. The topological polar surface area (TPSA) is 48.6 Å². The molecule has 3 saturated heterocycles. The lowest BCUT2D eigenvalue weighted by molar-refractivity contribution is 0.0703. The third-order valence-corrected chi connectivity index (χ3v) is 7.12.